The Labute approximate surface area is 184 Å². The average molecular weight is 415 g/mol. The largest absolute Gasteiger partial charge is 0.339 e. The summed E-state index contributed by atoms with van der Waals surface area (Å²) in [4.78, 5) is 13.5. The van der Waals surface area contributed by atoms with Crippen molar-refractivity contribution in [2.45, 2.75) is 47.5 Å². The van der Waals surface area contributed by atoms with Gasteiger partial charge in [-0.3, -0.25) is 4.79 Å². The van der Waals surface area contributed by atoms with Gasteiger partial charge in [-0.05, 0) is 73.4 Å². The van der Waals surface area contributed by atoms with Crippen LogP contribution in [-0.4, -0.2) is 14.9 Å². The number of hydrogen-bond acceptors (Lipinski definition) is 3. The molecule has 2 heterocycles. The van der Waals surface area contributed by atoms with Gasteiger partial charge < -0.3 is 9.13 Å². The van der Waals surface area contributed by atoms with Crippen LogP contribution in [0.1, 0.15) is 67.5 Å². The maximum absolute atomic E-state index is 13.5. The van der Waals surface area contributed by atoms with Crippen LogP contribution in [0.25, 0.3) is 12.2 Å². The summed E-state index contributed by atoms with van der Waals surface area (Å²) >= 11 is 0. The number of nitriles is 2. The minimum absolute atomic E-state index is 0.0476. The second kappa shape index (κ2) is 8.08. The third-order valence-electron chi connectivity index (χ3n) is 6.78. The van der Waals surface area contributed by atoms with Crippen LogP contribution in [-0.2, 0) is 18.9 Å². The van der Waals surface area contributed by atoms with E-state index in [1.54, 1.807) is 0 Å². The van der Waals surface area contributed by atoms with Crippen molar-refractivity contribution < 1.29 is 4.79 Å². The van der Waals surface area contributed by atoms with Crippen LogP contribution in [0, 0.1) is 47.8 Å². The van der Waals surface area contributed by atoms with E-state index in [0.717, 1.165) is 33.7 Å². The first-order chi connectivity index (χ1) is 14.5. The lowest BCUT2D eigenvalue weighted by Gasteiger charge is -2.35. The fourth-order valence-corrected chi connectivity index (χ4v) is 4.18. The van der Waals surface area contributed by atoms with Crippen LogP contribution in [0.5, 0.6) is 0 Å². The molecule has 5 heteroatoms. The monoisotopic (exact) mass is 414 g/mol. The van der Waals surface area contributed by atoms with E-state index in [2.05, 4.69) is 32.9 Å². The van der Waals surface area contributed by atoms with E-state index >= 15 is 0 Å². The molecule has 1 saturated carbocycles. The molecule has 31 heavy (non-hydrogen) atoms. The van der Waals surface area contributed by atoms with Gasteiger partial charge in [-0.15, -0.1) is 0 Å². The Bertz CT molecular complexity index is 1110. The lowest BCUT2D eigenvalue weighted by Crippen LogP contribution is -2.29. The fourth-order valence-electron chi connectivity index (χ4n) is 4.18. The van der Waals surface area contributed by atoms with Gasteiger partial charge >= 0.3 is 0 Å². The van der Waals surface area contributed by atoms with Gasteiger partial charge in [0, 0.05) is 36.6 Å². The van der Waals surface area contributed by atoms with Gasteiger partial charge in [-0.1, -0.05) is 20.8 Å². The third kappa shape index (κ3) is 4.14. The van der Waals surface area contributed by atoms with Crippen molar-refractivity contribution in [2.24, 2.45) is 25.4 Å². The molecule has 1 unspecified atom stereocenters. The molecule has 160 valence electrons. The summed E-state index contributed by atoms with van der Waals surface area (Å²) < 4.78 is 3.71. The standard InChI is InChI=1S/C26H30N4O/c1-16-18(12-23(14-27)29(16)6)8-20-10-22(26(3,4)5)11-21(25(20)31)9-19-13-24(15-28)30(7)17(19)2/h8-9,12-13,22H,10-11H2,1-7H3/b20-8-,21-9?. The molecule has 0 saturated heterocycles. The van der Waals surface area contributed by atoms with Crippen molar-refractivity contribution >= 4 is 17.9 Å². The summed E-state index contributed by atoms with van der Waals surface area (Å²) in [5.41, 5.74) is 6.55. The molecular weight excluding hydrogens is 384 g/mol. The van der Waals surface area contributed by atoms with Crippen LogP contribution < -0.4 is 0 Å². The number of ketones is 1. The minimum Gasteiger partial charge on any atom is -0.339 e. The Morgan fingerprint density at radius 2 is 1.29 bits per heavy atom. The maximum Gasteiger partial charge on any atom is 0.185 e. The van der Waals surface area contributed by atoms with E-state index in [1.807, 2.05) is 61.4 Å². The van der Waals surface area contributed by atoms with Crippen molar-refractivity contribution in [3.05, 3.63) is 57.2 Å². The molecule has 0 aliphatic heterocycles. The van der Waals surface area contributed by atoms with Gasteiger partial charge in [-0.25, -0.2) is 0 Å². The summed E-state index contributed by atoms with van der Waals surface area (Å²) in [5, 5.41) is 18.7. The quantitative estimate of drug-likeness (QED) is 0.633. The molecule has 0 N–H and O–H groups in total. The number of carbonyl (C=O) groups is 1. The van der Waals surface area contributed by atoms with E-state index in [-0.39, 0.29) is 11.2 Å². The van der Waals surface area contributed by atoms with Gasteiger partial charge in [0.1, 0.15) is 23.5 Å². The Morgan fingerprint density at radius 3 is 1.58 bits per heavy atom. The molecule has 2 aromatic heterocycles. The predicted molar refractivity (Wildman–Crippen MR) is 123 cm³/mol. The minimum atomic E-state index is 0.0476. The number of Topliss-reactive ketones (excluding diaryl/α,β-unsaturated/α-hetero) is 1. The molecule has 5 nitrogen and oxygen atoms in total. The van der Waals surface area contributed by atoms with Gasteiger partial charge in [0.25, 0.3) is 0 Å². The highest BCUT2D eigenvalue weighted by atomic mass is 16.1. The number of aromatic nitrogens is 2. The first-order valence-electron chi connectivity index (χ1n) is 10.6. The predicted octanol–water partition coefficient (Wildman–Crippen LogP) is 5.22. The maximum atomic E-state index is 13.5. The summed E-state index contributed by atoms with van der Waals surface area (Å²) in [6.07, 6.45) is 5.35. The number of hydrogen-bond donors (Lipinski definition) is 0. The molecular formula is C26H30N4O. The zero-order valence-electron chi connectivity index (χ0n) is 19.5. The van der Waals surface area contributed by atoms with E-state index in [0.29, 0.717) is 30.1 Å². The molecule has 0 amide bonds. The number of nitrogens with zero attached hydrogens (tertiary/aromatic N) is 4. The van der Waals surface area contributed by atoms with Gasteiger partial charge in [0.2, 0.25) is 0 Å². The van der Waals surface area contributed by atoms with Crippen LogP contribution in [0.15, 0.2) is 23.3 Å². The van der Waals surface area contributed by atoms with E-state index in [9.17, 15) is 15.3 Å². The highest BCUT2D eigenvalue weighted by Crippen LogP contribution is 2.42. The topological polar surface area (TPSA) is 74.5 Å². The van der Waals surface area contributed by atoms with Crippen LogP contribution in [0.2, 0.25) is 0 Å². The van der Waals surface area contributed by atoms with E-state index in [4.69, 9.17) is 0 Å². The van der Waals surface area contributed by atoms with Gasteiger partial charge in [0.05, 0.1) is 0 Å². The first kappa shape index (κ1) is 22.4. The molecule has 1 aliphatic carbocycles. The first-order valence-corrected chi connectivity index (χ1v) is 10.6. The Hall–Kier alpha value is -3.31. The Balaban J connectivity index is 2.11. The van der Waals surface area contributed by atoms with Gasteiger partial charge in [-0.2, -0.15) is 10.5 Å². The average Bonchev–Trinajstić information content (AvgIpc) is 3.14. The fraction of sp³-hybridized carbons (Fsp3) is 0.423. The lowest BCUT2D eigenvalue weighted by atomic mass is 9.68. The second-order valence-corrected chi connectivity index (χ2v) is 9.62. The zero-order chi connectivity index (χ0) is 23.1. The summed E-state index contributed by atoms with van der Waals surface area (Å²) in [6, 6.07) is 8.11. The van der Waals surface area contributed by atoms with Crippen molar-refractivity contribution in [3.63, 3.8) is 0 Å². The highest BCUT2D eigenvalue weighted by Gasteiger charge is 2.34. The lowest BCUT2D eigenvalue weighted by molar-refractivity contribution is -0.113. The smallest absolute Gasteiger partial charge is 0.185 e. The van der Waals surface area contributed by atoms with E-state index in [1.165, 1.54) is 0 Å². The zero-order valence-corrected chi connectivity index (χ0v) is 19.5. The number of rotatable bonds is 2. The number of allylic oxidation sites excluding steroid dienone is 2. The molecule has 0 radical (unpaired) electrons. The van der Waals surface area contributed by atoms with Gasteiger partial charge in [0.15, 0.2) is 5.78 Å². The van der Waals surface area contributed by atoms with Crippen molar-refractivity contribution in [2.75, 3.05) is 0 Å². The van der Waals surface area contributed by atoms with E-state index < -0.39 is 0 Å². The van der Waals surface area contributed by atoms with Crippen LogP contribution in [0.3, 0.4) is 0 Å². The Kier molecular flexibility index (Phi) is 5.83. The molecule has 0 spiro atoms. The summed E-state index contributed by atoms with van der Waals surface area (Å²) in [5.74, 6) is 0.380. The Morgan fingerprint density at radius 1 is 0.903 bits per heavy atom. The molecule has 1 fully saturated rings. The SMILES string of the molecule is Cc1c(C=C2CC(C(C)(C)C)C/C(=C/c3cc(C#N)n(C)c3C)C2=O)cc(C#N)n1C. The highest BCUT2D eigenvalue weighted by molar-refractivity contribution is 6.14. The summed E-state index contributed by atoms with van der Waals surface area (Å²) in [6.45, 7) is 10.6. The van der Waals surface area contributed by atoms with Crippen molar-refractivity contribution in [1.82, 2.24) is 9.13 Å². The normalized spacial score (nSPS) is 19.6. The van der Waals surface area contributed by atoms with Crippen LogP contribution >= 0.6 is 0 Å². The van der Waals surface area contributed by atoms with Crippen molar-refractivity contribution in [1.29, 1.82) is 10.5 Å². The molecule has 2 aromatic rings. The van der Waals surface area contributed by atoms with Crippen LogP contribution in [0.4, 0.5) is 0 Å². The molecule has 1 aliphatic rings. The van der Waals surface area contributed by atoms with Crippen molar-refractivity contribution in [3.8, 4) is 12.1 Å². The molecule has 1 atom stereocenters. The number of carbonyl (C=O) groups excluding carboxylic acids is 1. The molecule has 0 aromatic carbocycles. The third-order valence-corrected chi connectivity index (χ3v) is 6.78. The summed E-state index contributed by atoms with van der Waals surface area (Å²) in [7, 11) is 3.74. The second-order valence-electron chi connectivity index (χ2n) is 9.62. The molecule has 3 rings (SSSR count). The molecule has 0 bridgehead atoms.